The summed E-state index contributed by atoms with van der Waals surface area (Å²) in [6, 6.07) is 0. The third-order valence-corrected chi connectivity index (χ3v) is 5.86. The second-order valence-corrected chi connectivity index (χ2v) is 7.89. The number of aliphatic hydroxyl groups is 1. The van der Waals surface area contributed by atoms with Crippen LogP contribution in [0.15, 0.2) is 0 Å². The van der Waals surface area contributed by atoms with Gasteiger partial charge in [-0.15, -0.1) is 0 Å². The quantitative estimate of drug-likeness (QED) is 0.421. The molecule has 2 fully saturated rings. The second kappa shape index (κ2) is 12.4. The van der Waals surface area contributed by atoms with E-state index in [-0.39, 0.29) is 48.9 Å². The van der Waals surface area contributed by atoms with E-state index < -0.39 is 0 Å². The maximum Gasteiger partial charge on any atom is 0.305 e. The van der Waals surface area contributed by atoms with Crippen LogP contribution in [0.3, 0.4) is 0 Å². The topological polar surface area (TPSA) is 91.3 Å². The van der Waals surface area contributed by atoms with Crippen LogP contribution in [0.4, 0.5) is 0 Å². The second-order valence-electron chi connectivity index (χ2n) is 7.89. The highest BCUT2D eigenvalue weighted by molar-refractivity contribution is 5.69. The van der Waals surface area contributed by atoms with E-state index in [4.69, 9.17) is 14.2 Å². The molecule has 0 amide bonds. The van der Waals surface area contributed by atoms with E-state index in [0.29, 0.717) is 19.4 Å². The normalized spacial score (nSPS) is 30.2. The molecule has 2 aliphatic rings. The molecule has 1 heterocycles. The van der Waals surface area contributed by atoms with Crippen LogP contribution in [0.5, 0.6) is 0 Å². The Balaban J connectivity index is 1.84. The van der Waals surface area contributed by atoms with E-state index in [9.17, 15) is 14.7 Å². The number of esters is 2. The van der Waals surface area contributed by atoms with Gasteiger partial charge in [0.2, 0.25) is 0 Å². The number of carbonyl (C=O) groups is 2. The number of ether oxygens (including phenoxy) is 4. The summed E-state index contributed by atoms with van der Waals surface area (Å²) in [6.45, 7) is 2.15. The number of methoxy groups -OCH3 is 1. The van der Waals surface area contributed by atoms with E-state index in [0.717, 1.165) is 51.4 Å². The van der Waals surface area contributed by atoms with Crippen LogP contribution in [0.1, 0.15) is 71.1 Å². The van der Waals surface area contributed by atoms with Crippen LogP contribution in [0, 0.1) is 11.8 Å². The molecule has 0 aromatic carbocycles. The van der Waals surface area contributed by atoms with Crippen LogP contribution in [-0.4, -0.2) is 55.9 Å². The summed E-state index contributed by atoms with van der Waals surface area (Å²) in [6.07, 6.45) is 8.09. The summed E-state index contributed by atoms with van der Waals surface area (Å²) in [7, 11) is 1.41. The fourth-order valence-corrected chi connectivity index (χ4v) is 4.41. The average Bonchev–Trinajstić information content (AvgIpc) is 3.00. The molecule has 1 N–H and O–H groups in total. The van der Waals surface area contributed by atoms with Crippen molar-refractivity contribution in [2.75, 3.05) is 20.3 Å². The fraction of sp³-hybridized carbons (Fsp3) is 0.905. The van der Waals surface area contributed by atoms with Crippen molar-refractivity contribution in [3.63, 3.8) is 0 Å². The van der Waals surface area contributed by atoms with Crippen LogP contribution in [-0.2, 0) is 28.5 Å². The van der Waals surface area contributed by atoms with E-state index in [1.54, 1.807) is 0 Å². The van der Waals surface area contributed by atoms with Crippen molar-refractivity contribution < 1.29 is 33.6 Å². The standard InChI is InChI=1S/C21H36O7/c1-15(23)27-18-13-19(28-21-11-7-8-12-26-21)17(14-22)16(18)9-5-3-4-6-10-20(24)25-2/h16-19,21-22H,3-14H2,1-2H3/t16-,17-,18+,19-,21-/m1/s1. The Kier molecular flexibility index (Phi) is 10.2. The lowest BCUT2D eigenvalue weighted by Crippen LogP contribution is -2.33. The first-order valence-electron chi connectivity index (χ1n) is 10.7. The summed E-state index contributed by atoms with van der Waals surface area (Å²) in [5.41, 5.74) is 0. The van der Waals surface area contributed by atoms with Gasteiger partial charge in [-0.3, -0.25) is 9.59 Å². The number of hydrogen-bond donors (Lipinski definition) is 1. The predicted octanol–water partition coefficient (Wildman–Crippen LogP) is 2.97. The molecule has 1 saturated heterocycles. The SMILES string of the molecule is COC(=O)CCCCCC[C@@H]1[C@@H](CO)[C@H](O[C@@H]2CCCCO2)C[C@@H]1OC(C)=O. The molecule has 28 heavy (non-hydrogen) atoms. The maximum atomic E-state index is 11.6. The van der Waals surface area contributed by atoms with Crippen molar-refractivity contribution in [1.29, 1.82) is 0 Å². The molecular weight excluding hydrogens is 364 g/mol. The summed E-state index contributed by atoms with van der Waals surface area (Å²) >= 11 is 0. The smallest absolute Gasteiger partial charge is 0.305 e. The molecule has 1 saturated carbocycles. The molecule has 0 spiro atoms. The van der Waals surface area contributed by atoms with Gasteiger partial charge in [0, 0.05) is 44.8 Å². The zero-order valence-corrected chi connectivity index (χ0v) is 17.3. The third-order valence-electron chi connectivity index (χ3n) is 5.86. The highest BCUT2D eigenvalue weighted by Gasteiger charge is 2.45. The minimum Gasteiger partial charge on any atom is -0.469 e. The van der Waals surface area contributed by atoms with Crippen LogP contribution < -0.4 is 0 Å². The monoisotopic (exact) mass is 400 g/mol. The zero-order chi connectivity index (χ0) is 20.4. The third kappa shape index (κ3) is 7.33. The first-order valence-corrected chi connectivity index (χ1v) is 10.7. The molecule has 0 aromatic heterocycles. The lowest BCUT2D eigenvalue weighted by atomic mass is 9.89. The first kappa shape index (κ1) is 23.1. The average molecular weight is 401 g/mol. The summed E-state index contributed by atoms with van der Waals surface area (Å²) in [4.78, 5) is 22.7. The molecule has 0 bridgehead atoms. The molecule has 2 rings (SSSR count). The Morgan fingerprint density at radius 1 is 1.07 bits per heavy atom. The van der Waals surface area contributed by atoms with Crippen LogP contribution >= 0.6 is 0 Å². The lowest BCUT2D eigenvalue weighted by Gasteiger charge is -2.29. The van der Waals surface area contributed by atoms with Gasteiger partial charge < -0.3 is 24.1 Å². The largest absolute Gasteiger partial charge is 0.469 e. The van der Waals surface area contributed by atoms with Gasteiger partial charge in [-0.25, -0.2) is 0 Å². The van der Waals surface area contributed by atoms with Gasteiger partial charge >= 0.3 is 11.9 Å². The Morgan fingerprint density at radius 3 is 2.50 bits per heavy atom. The molecule has 0 aromatic rings. The Morgan fingerprint density at radius 2 is 1.86 bits per heavy atom. The summed E-state index contributed by atoms with van der Waals surface area (Å²) in [5.74, 6) is -0.427. The summed E-state index contributed by atoms with van der Waals surface area (Å²) in [5, 5.41) is 10.0. The van der Waals surface area contributed by atoms with Crippen molar-refractivity contribution in [2.24, 2.45) is 11.8 Å². The lowest BCUT2D eigenvalue weighted by molar-refractivity contribution is -0.198. The molecular formula is C21H36O7. The highest BCUT2D eigenvalue weighted by Crippen LogP contribution is 2.40. The highest BCUT2D eigenvalue weighted by atomic mass is 16.7. The summed E-state index contributed by atoms with van der Waals surface area (Å²) < 4.78 is 22.1. The molecule has 162 valence electrons. The molecule has 7 nitrogen and oxygen atoms in total. The van der Waals surface area contributed by atoms with Gasteiger partial charge in [0.25, 0.3) is 0 Å². The van der Waals surface area contributed by atoms with Crippen molar-refractivity contribution in [1.82, 2.24) is 0 Å². The van der Waals surface area contributed by atoms with Gasteiger partial charge in [-0.1, -0.05) is 19.3 Å². The molecule has 1 aliphatic carbocycles. The molecule has 0 radical (unpaired) electrons. The number of rotatable bonds is 11. The van der Waals surface area contributed by atoms with Crippen molar-refractivity contribution in [2.45, 2.75) is 89.6 Å². The minimum atomic E-state index is -0.292. The molecule has 5 atom stereocenters. The van der Waals surface area contributed by atoms with Crippen LogP contribution in [0.2, 0.25) is 0 Å². The van der Waals surface area contributed by atoms with Crippen molar-refractivity contribution >= 4 is 11.9 Å². The number of carbonyl (C=O) groups excluding carboxylic acids is 2. The van der Waals surface area contributed by atoms with Gasteiger partial charge in [0.1, 0.15) is 6.10 Å². The van der Waals surface area contributed by atoms with Crippen molar-refractivity contribution in [3.8, 4) is 0 Å². The number of unbranched alkanes of at least 4 members (excludes halogenated alkanes) is 3. The van der Waals surface area contributed by atoms with E-state index >= 15 is 0 Å². The van der Waals surface area contributed by atoms with Crippen LogP contribution in [0.25, 0.3) is 0 Å². The van der Waals surface area contributed by atoms with E-state index in [1.807, 2.05) is 0 Å². The minimum absolute atomic E-state index is 0.0160. The van der Waals surface area contributed by atoms with E-state index in [2.05, 4.69) is 4.74 Å². The van der Waals surface area contributed by atoms with Gasteiger partial charge in [0.15, 0.2) is 6.29 Å². The van der Waals surface area contributed by atoms with E-state index in [1.165, 1.54) is 14.0 Å². The number of hydrogen-bond acceptors (Lipinski definition) is 7. The van der Waals surface area contributed by atoms with Gasteiger partial charge in [0.05, 0.1) is 13.2 Å². The fourth-order valence-electron chi connectivity index (χ4n) is 4.41. The Labute approximate surface area is 168 Å². The Hall–Kier alpha value is -1.18. The zero-order valence-electron chi connectivity index (χ0n) is 17.3. The number of aliphatic hydroxyl groups excluding tert-OH is 1. The van der Waals surface area contributed by atoms with Gasteiger partial charge in [-0.05, 0) is 32.1 Å². The molecule has 0 unspecified atom stereocenters. The molecule has 7 heteroatoms. The van der Waals surface area contributed by atoms with Gasteiger partial charge in [-0.2, -0.15) is 0 Å². The first-order chi connectivity index (χ1) is 13.5. The maximum absolute atomic E-state index is 11.6. The molecule has 1 aliphatic heterocycles. The Bertz CT molecular complexity index is 475. The van der Waals surface area contributed by atoms with Crippen molar-refractivity contribution in [3.05, 3.63) is 0 Å². The predicted molar refractivity (Wildman–Crippen MR) is 102 cm³/mol.